The minimum Gasteiger partial charge on any atom is -0.368 e. The third-order valence-corrected chi connectivity index (χ3v) is 6.69. The summed E-state index contributed by atoms with van der Waals surface area (Å²) in [5.41, 5.74) is 4.04. The van der Waals surface area contributed by atoms with E-state index >= 15 is 0 Å². The first-order chi connectivity index (χ1) is 18.8. The van der Waals surface area contributed by atoms with Gasteiger partial charge in [0.25, 0.3) is 0 Å². The fraction of sp³-hybridized carbons (Fsp3) is 0.481. The lowest BCUT2D eigenvalue weighted by Crippen LogP contribution is -2.37. The van der Waals surface area contributed by atoms with Crippen LogP contribution >= 0.6 is 0 Å². The maximum absolute atomic E-state index is 13.5. The van der Waals surface area contributed by atoms with Crippen LogP contribution < -0.4 is 10.6 Å². The van der Waals surface area contributed by atoms with Crippen LogP contribution in [-0.4, -0.2) is 36.0 Å². The molecule has 1 aromatic carbocycles. The molecule has 1 saturated carbocycles. The molecule has 0 bridgehead atoms. The molecule has 1 heterocycles. The number of rotatable bonds is 9. The first-order valence-electron chi connectivity index (χ1n) is 12.7. The Morgan fingerprint density at radius 2 is 1.68 bits per heavy atom. The van der Waals surface area contributed by atoms with Crippen LogP contribution in [0, 0.1) is 18.3 Å². The second-order valence-electron chi connectivity index (χ2n) is 9.56. The molecule has 1 aliphatic carbocycles. The van der Waals surface area contributed by atoms with Crippen LogP contribution in [0.2, 0.25) is 0 Å². The number of hydrogen-bond donors (Lipinski definition) is 1. The predicted molar refractivity (Wildman–Crippen MR) is 140 cm³/mol. The summed E-state index contributed by atoms with van der Waals surface area (Å²) < 4.78 is 80.9. The molecule has 2 N–H and O–H groups in total. The lowest BCUT2D eigenvalue weighted by molar-refractivity contribution is -0.143. The van der Waals surface area contributed by atoms with E-state index in [2.05, 4.69) is 31.2 Å². The number of hydrogen-bond acceptors (Lipinski definition) is 4. The van der Waals surface area contributed by atoms with Crippen molar-refractivity contribution in [3.8, 4) is 12.3 Å². The highest BCUT2D eigenvalue weighted by Gasteiger charge is 2.37. The molecule has 0 radical (unpaired) electrons. The highest BCUT2D eigenvalue weighted by molar-refractivity contribution is 5.78. The summed E-state index contributed by atoms with van der Waals surface area (Å²) >= 11 is 0. The number of terminal acetylenes is 1. The van der Waals surface area contributed by atoms with Crippen molar-refractivity contribution < 1.29 is 26.3 Å². The van der Waals surface area contributed by atoms with Gasteiger partial charge in [0.05, 0.1) is 18.2 Å². The number of alkyl halides is 6. The smallest absolute Gasteiger partial charge is 0.368 e. The summed E-state index contributed by atoms with van der Waals surface area (Å²) in [6.07, 6.45) is 1.67. The van der Waals surface area contributed by atoms with E-state index in [-0.39, 0.29) is 24.1 Å². The molecule has 13 heteroatoms. The second-order valence-corrected chi connectivity index (χ2v) is 9.56. The van der Waals surface area contributed by atoms with Gasteiger partial charge in [-0.3, -0.25) is 0 Å². The van der Waals surface area contributed by atoms with Crippen molar-refractivity contribution in [2.24, 2.45) is 27.1 Å². The van der Waals surface area contributed by atoms with Gasteiger partial charge in [-0.15, -0.1) is 6.42 Å². The zero-order chi connectivity index (χ0) is 29.5. The summed E-state index contributed by atoms with van der Waals surface area (Å²) in [4.78, 5) is 7.98. The Labute approximate surface area is 229 Å². The first-order valence-corrected chi connectivity index (χ1v) is 12.7. The summed E-state index contributed by atoms with van der Waals surface area (Å²) in [5, 5.41) is 10.7. The Morgan fingerprint density at radius 1 is 1.05 bits per heavy atom. The Hall–Kier alpha value is -3.82. The quantitative estimate of drug-likeness (QED) is 0.0946. The van der Waals surface area contributed by atoms with Gasteiger partial charge in [0.2, 0.25) is 5.96 Å². The van der Waals surface area contributed by atoms with Crippen molar-refractivity contribution in [3.05, 3.63) is 58.3 Å². The van der Waals surface area contributed by atoms with Gasteiger partial charge in [-0.2, -0.15) is 31.5 Å². The maximum Gasteiger partial charge on any atom is 0.416 e. The van der Waals surface area contributed by atoms with E-state index in [1.807, 2.05) is 6.92 Å². The summed E-state index contributed by atoms with van der Waals surface area (Å²) in [6, 6.07) is 3.10. The molecule has 1 fully saturated rings. The monoisotopic (exact) mass is 567 g/mol. The average molecular weight is 568 g/mol. The largest absolute Gasteiger partial charge is 0.416 e. The van der Waals surface area contributed by atoms with Gasteiger partial charge in [0.1, 0.15) is 5.82 Å². The lowest BCUT2D eigenvalue weighted by Gasteiger charge is -2.30. The van der Waals surface area contributed by atoms with E-state index in [0.717, 1.165) is 32.2 Å². The van der Waals surface area contributed by atoms with Gasteiger partial charge in [0.15, 0.2) is 0 Å². The highest BCUT2D eigenvalue weighted by atomic mass is 19.4. The van der Waals surface area contributed by atoms with E-state index in [0.29, 0.717) is 41.5 Å². The molecule has 0 spiro atoms. The molecule has 0 unspecified atom stereocenters. The van der Waals surface area contributed by atoms with Crippen molar-refractivity contribution in [2.75, 3.05) is 25.0 Å². The fourth-order valence-corrected chi connectivity index (χ4v) is 4.76. The number of guanidine groups is 1. The minimum absolute atomic E-state index is 0.0643. The van der Waals surface area contributed by atoms with Crippen molar-refractivity contribution in [1.29, 1.82) is 0 Å². The second kappa shape index (κ2) is 13.0. The molecule has 2 aromatic rings. The number of benzene rings is 1. The Bertz CT molecular complexity index is 1230. The van der Waals surface area contributed by atoms with Crippen molar-refractivity contribution in [2.45, 2.75) is 58.0 Å². The Morgan fingerprint density at radius 3 is 2.20 bits per heavy atom. The lowest BCUT2D eigenvalue weighted by atomic mass is 10.0. The topological polar surface area (TPSA) is 82.5 Å². The van der Waals surface area contributed by atoms with E-state index in [1.165, 1.54) is 11.9 Å². The molecule has 0 amide bonds. The normalized spacial score (nSPS) is 15.0. The van der Waals surface area contributed by atoms with Crippen molar-refractivity contribution >= 4 is 11.8 Å². The predicted octanol–water partition coefficient (Wildman–Crippen LogP) is 6.43. The van der Waals surface area contributed by atoms with E-state index < -0.39 is 30.0 Å². The minimum atomic E-state index is -4.99. The van der Waals surface area contributed by atoms with Crippen molar-refractivity contribution in [3.63, 3.8) is 0 Å². The standard InChI is InChI=1S/C27H31F6N7/c1-4-18-10-21(24(36-14-18)39(5-2)15-19-8-6-7-9-19)17-40(25(34)37-38-35-3)16-20-11-22(26(28,29)30)13-23(12-20)27(31,32)33/h1,10-14,19H,5-9,15-17H2,2-3H3,(H2,34,35,37). The third-order valence-electron chi connectivity index (χ3n) is 6.69. The van der Waals surface area contributed by atoms with Crippen LogP contribution in [0.3, 0.4) is 0 Å². The summed E-state index contributed by atoms with van der Waals surface area (Å²) in [5.74, 6) is 3.34. The third kappa shape index (κ3) is 8.09. The summed E-state index contributed by atoms with van der Waals surface area (Å²) in [6.45, 7) is 2.86. The van der Waals surface area contributed by atoms with Crippen LogP contribution in [0.1, 0.15) is 60.4 Å². The number of nitrogens with zero attached hydrogens (tertiary/aromatic N) is 6. The molecule has 1 aliphatic rings. The van der Waals surface area contributed by atoms with Crippen LogP contribution in [0.4, 0.5) is 32.2 Å². The molecule has 0 saturated heterocycles. The van der Waals surface area contributed by atoms with Gasteiger partial charge in [-0.25, -0.2) is 4.98 Å². The zero-order valence-electron chi connectivity index (χ0n) is 22.2. The van der Waals surface area contributed by atoms with Crippen molar-refractivity contribution in [1.82, 2.24) is 9.88 Å². The Kier molecular flexibility index (Phi) is 10.0. The molecule has 40 heavy (non-hydrogen) atoms. The number of halogens is 6. The van der Waals surface area contributed by atoms with Gasteiger partial charge >= 0.3 is 12.4 Å². The molecular formula is C27H31F6N7. The Balaban J connectivity index is 2.06. The van der Waals surface area contributed by atoms with Crippen LogP contribution in [0.25, 0.3) is 0 Å². The van der Waals surface area contributed by atoms with Gasteiger partial charge in [0, 0.05) is 43.5 Å². The van der Waals surface area contributed by atoms with Crippen LogP contribution in [0.5, 0.6) is 0 Å². The first kappa shape index (κ1) is 30.7. The summed E-state index contributed by atoms with van der Waals surface area (Å²) in [7, 11) is 1.34. The van der Waals surface area contributed by atoms with Crippen LogP contribution in [0.15, 0.2) is 45.9 Å². The molecule has 0 atom stereocenters. The van der Waals surface area contributed by atoms with Gasteiger partial charge in [-0.1, -0.05) is 23.9 Å². The molecule has 1 aromatic heterocycles. The number of pyridine rings is 1. The average Bonchev–Trinajstić information content (AvgIpc) is 3.42. The molecule has 3 rings (SSSR count). The van der Waals surface area contributed by atoms with E-state index in [4.69, 9.17) is 12.2 Å². The van der Waals surface area contributed by atoms with E-state index in [9.17, 15) is 26.3 Å². The van der Waals surface area contributed by atoms with E-state index in [1.54, 1.807) is 12.3 Å². The van der Waals surface area contributed by atoms with Gasteiger partial charge in [-0.05, 0) is 60.7 Å². The molecule has 216 valence electrons. The zero-order valence-corrected chi connectivity index (χ0v) is 22.2. The van der Waals surface area contributed by atoms with Crippen LogP contribution in [-0.2, 0) is 25.4 Å². The molecular weight excluding hydrogens is 536 g/mol. The number of anilines is 1. The SMILES string of the molecule is C#Cc1cnc(N(CC)CC2CCCC2)c(CN(Cc2cc(C(F)(F)F)cc(C(F)(F)F)c2)C(N)=NN=NC)c1. The van der Waals surface area contributed by atoms with Gasteiger partial charge < -0.3 is 15.5 Å². The molecule has 0 aliphatic heterocycles. The maximum atomic E-state index is 13.5. The molecule has 7 nitrogen and oxygen atoms in total. The number of aromatic nitrogens is 1. The number of nitrogens with two attached hydrogens (primary N) is 1. The fourth-order valence-electron chi connectivity index (χ4n) is 4.76. The highest BCUT2D eigenvalue weighted by Crippen LogP contribution is 2.37.